The number of hydrogen-bond acceptors (Lipinski definition) is 3. The molecule has 1 N–H and O–H groups in total. The van der Waals surface area contributed by atoms with Crippen LogP contribution < -0.4 is 10.1 Å². The second kappa shape index (κ2) is 7.28. The van der Waals surface area contributed by atoms with Crippen molar-refractivity contribution in [3.8, 4) is 5.75 Å². The van der Waals surface area contributed by atoms with E-state index in [-0.39, 0.29) is 0 Å². The van der Waals surface area contributed by atoms with Crippen LogP contribution in [0.4, 0.5) is 0 Å². The van der Waals surface area contributed by atoms with Crippen molar-refractivity contribution in [3.05, 3.63) is 29.8 Å². The van der Waals surface area contributed by atoms with Crippen molar-refractivity contribution in [2.75, 3.05) is 33.8 Å². The number of piperidine rings is 1. The van der Waals surface area contributed by atoms with E-state index in [9.17, 15) is 0 Å². The molecular weight excluding hydrogens is 260 g/mol. The van der Waals surface area contributed by atoms with Gasteiger partial charge in [-0.3, -0.25) is 0 Å². The number of rotatable bonds is 6. The molecule has 0 bridgehead atoms. The molecule has 0 amide bonds. The van der Waals surface area contributed by atoms with Gasteiger partial charge in [0.25, 0.3) is 0 Å². The Labute approximate surface area is 129 Å². The van der Waals surface area contributed by atoms with Gasteiger partial charge >= 0.3 is 0 Å². The Morgan fingerprint density at radius 2 is 1.86 bits per heavy atom. The van der Waals surface area contributed by atoms with E-state index in [0.29, 0.717) is 11.5 Å². The molecule has 0 saturated carbocycles. The molecule has 118 valence electrons. The van der Waals surface area contributed by atoms with E-state index < -0.39 is 0 Å². The largest absolute Gasteiger partial charge is 0.497 e. The molecule has 21 heavy (non-hydrogen) atoms. The van der Waals surface area contributed by atoms with Crippen LogP contribution in [0.3, 0.4) is 0 Å². The molecule has 1 heterocycles. The maximum Gasteiger partial charge on any atom is 0.118 e. The highest BCUT2D eigenvalue weighted by Crippen LogP contribution is 2.34. The first-order chi connectivity index (χ1) is 10.1. The van der Waals surface area contributed by atoms with Gasteiger partial charge in [0.05, 0.1) is 7.11 Å². The van der Waals surface area contributed by atoms with Crippen molar-refractivity contribution >= 4 is 0 Å². The van der Waals surface area contributed by atoms with E-state index in [2.05, 4.69) is 43.2 Å². The Bertz CT molecular complexity index is 421. The summed E-state index contributed by atoms with van der Waals surface area (Å²) in [6.07, 6.45) is 3.94. The Morgan fingerprint density at radius 1 is 1.24 bits per heavy atom. The summed E-state index contributed by atoms with van der Waals surface area (Å²) in [4.78, 5) is 2.60. The molecule has 0 aromatic heterocycles. The molecule has 1 fully saturated rings. The molecule has 1 unspecified atom stereocenters. The molecule has 0 spiro atoms. The molecule has 1 atom stereocenters. The summed E-state index contributed by atoms with van der Waals surface area (Å²) in [5.41, 5.74) is 1.90. The highest BCUT2D eigenvalue weighted by Gasteiger charge is 2.29. The zero-order valence-corrected chi connectivity index (χ0v) is 14.0. The first kappa shape index (κ1) is 16.3. The molecular formula is C18H30N2O. The van der Waals surface area contributed by atoms with E-state index in [4.69, 9.17) is 4.74 Å². The molecule has 3 nitrogen and oxygen atoms in total. The van der Waals surface area contributed by atoms with E-state index in [0.717, 1.165) is 12.3 Å². The van der Waals surface area contributed by atoms with Gasteiger partial charge < -0.3 is 15.0 Å². The predicted octanol–water partition coefficient (Wildman–Crippen LogP) is 3.47. The van der Waals surface area contributed by atoms with Crippen molar-refractivity contribution < 1.29 is 4.74 Å². The first-order valence-corrected chi connectivity index (χ1v) is 8.14. The minimum Gasteiger partial charge on any atom is -0.497 e. The van der Waals surface area contributed by atoms with Gasteiger partial charge in [0, 0.05) is 12.6 Å². The van der Waals surface area contributed by atoms with Crippen LogP contribution in [0.15, 0.2) is 24.3 Å². The maximum atomic E-state index is 5.24. The number of ether oxygens (including phenoxy) is 1. The van der Waals surface area contributed by atoms with Crippen molar-refractivity contribution in [1.29, 1.82) is 0 Å². The van der Waals surface area contributed by atoms with Gasteiger partial charge in [0.2, 0.25) is 0 Å². The topological polar surface area (TPSA) is 24.5 Å². The average Bonchev–Trinajstić information content (AvgIpc) is 2.54. The van der Waals surface area contributed by atoms with Crippen LogP contribution in [0, 0.1) is 5.41 Å². The number of nitrogens with zero attached hydrogens (tertiary/aromatic N) is 1. The zero-order chi connectivity index (χ0) is 15.3. The molecule has 1 saturated heterocycles. The Hall–Kier alpha value is -1.06. The fourth-order valence-electron chi connectivity index (χ4n) is 3.09. The van der Waals surface area contributed by atoms with Crippen LogP contribution >= 0.6 is 0 Å². The number of benzene rings is 1. The smallest absolute Gasteiger partial charge is 0.118 e. The van der Waals surface area contributed by atoms with E-state index >= 15 is 0 Å². The van der Waals surface area contributed by atoms with Gasteiger partial charge in [-0.05, 0) is 56.1 Å². The fraction of sp³-hybridized carbons (Fsp3) is 0.667. The highest BCUT2D eigenvalue weighted by molar-refractivity contribution is 5.29. The standard InChI is InChI=1S/C18H30N2O/c1-5-18(2)10-12-20(13-11-18)14-17(19-3)15-6-8-16(21-4)9-7-15/h6-9,17,19H,5,10-14H2,1-4H3. The number of methoxy groups -OCH3 is 1. The molecule has 1 aromatic carbocycles. The minimum atomic E-state index is 0.391. The predicted molar refractivity (Wildman–Crippen MR) is 88.9 cm³/mol. The summed E-state index contributed by atoms with van der Waals surface area (Å²) < 4.78 is 5.24. The first-order valence-electron chi connectivity index (χ1n) is 8.14. The third kappa shape index (κ3) is 4.21. The Balaban J connectivity index is 1.93. The normalized spacial score (nSPS) is 20.2. The summed E-state index contributed by atoms with van der Waals surface area (Å²) in [5, 5.41) is 3.46. The van der Waals surface area contributed by atoms with Gasteiger partial charge in [-0.2, -0.15) is 0 Å². The number of likely N-dealkylation sites (N-methyl/N-ethyl adjacent to an activating group) is 1. The maximum absolute atomic E-state index is 5.24. The monoisotopic (exact) mass is 290 g/mol. The summed E-state index contributed by atoms with van der Waals surface area (Å²) in [6, 6.07) is 8.82. The lowest BCUT2D eigenvalue weighted by molar-refractivity contribution is 0.107. The Morgan fingerprint density at radius 3 is 2.33 bits per heavy atom. The van der Waals surface area contributed by atoms with Gasteiger partial charge in [-0.25, -0.2) is 0 Å². The number of likely N-dealkylation sites (tertiary alicyclic amines) is 1. The third-order valence-corrected chi connectivity index (χ3v) is 5.22. The zero-order valence-electron chi connectivity index (χ0n) is 14.0. The van der Waals surface area contributed by atoms with E-state index in [1.807, 2.05) is 12.1 Å². The molecule has 1 aliphatic rings. The SMILES string of the molecule is CCC1(C)CCN(CC(NC)c2ccc(OC)cc2)CC1. The quantitative estimate of drug-likeness (QED) is 0.868. The van der Waals surface area contributed by atoms with Crippen LogP contribution in [0.25, 0.3) is 0 Å². The van der Waals surface area contributed by atoms with Crippen LogP contribution in [-0.2, 0) is 0 Å². The molecule has 2 rings (SSSR count). The summed E-state index contributed by atoms with van der Waals surface area (Å²) in [6.45, 7) is 8.28. The molecule has 0 aliphatic carbocycles. The van der Waals surface area contributed by atoms with Crippen LogP contribution in [0.2, 0.25) is 0 Å². The van der Waals surface area contributed by atoms with Gasteiger partial charge in [0.1, 0.15) is 5.75 Å². The molecule has 1 aromatic rings. The third-order valence-electron chi connectivity index (χ3n) is 5.22. The van der Waals surface area contributed by atoms with Crippen molar-refractivity contribution in [2.45, 2.75) is 39.2 Å². The second-order valence-corrected chi connectivity index (χ2v) is 6.58. The Kier molecular flexibility index (Phi) is 5.65. The summed E-state index contributed by atoms with van der Waals surface area (Å²) in [7, 11) is 3.76. The molecule has 3 heteroatoms. The minimum absolute atomic E-state index is 0.391. The van der Waals surface area contributed by atoms with Crippen molar-refractivity contribution in [3.63, 3.8) is 0 Å². The van der Waals surface area contributed by atoms with Crippen LogP contribution in [-0.4, -0.2) is 38.7 Å². The van der Waals surface area contributed by atoms with Crippen molar-refractivity contribution in [1.82, 2.24) is 10.2 Å². The summed E-state index contributed by atoms with van der Waals surface area (Å²) >= 11 is 0. The number of hydrogen-bond donors (Lipinski definition) is 1. The molecule has 1 aliphatic heterocycles. The van der Waals surface area contributed by atoms with E-state index in [1.165, 1.54) is 37.9 Å². The fourth-order valence-corrected chi connectivity index (χ4v) is 3.09. The lowest BCUT2D eigenvalue weighted by Gasteiger charge is -2.40. The van der Waals surface area contributed by atoms with Crippen LogP contribution in [0.1, 0.15) is 44.7 Å². The van der Waals surface area contributed by atoms with Crippen molar-refractivity contribution in [2.24, 2.45) is 5.41 Å². The lowest BCUT2D eigenvalue weighted by Crippen LogP contribution is -2.42. The van der Waals surface area contributed by atoms with E-state index in [1.54, 1.807) is 7.11 Å². The van der Waals surface area contributed by atoms with Gasteiger partial charge in [-0.15, -0.1) is 0 Å². The molecule has 0 radical (unpaired) electrons. The summed E-state index contributed by atoms with van der Waals surface area (Å²) in [5.74, 6) is 0.922. The van der Waals surface area contributed by atoms with Crippen LogP contribution in [0.5, 0.6) is 5.75 Å². The van der Waals surface area contributed by atoms with Gasteiger partial charge in [0.15, 0.2) is 0 Å². The number of nitrogens with one attached hydrogen (secondary N) is 1. The lowest BCUT2D eigenvalue weighted by atomic mass is 9.78. The second-order valence-electron chi connectivity index (χ2n) is 6.58. The van der Waals surface area contributed by atoms with Gasteiger partial charge in [-0.1, -0.05) is 32.4 Å². The highest BCUT2D eigenvalue weighted by atomic mass is 16.5. The average molecular weight is 290 g/mol.